The number of benzene rings is 2. The minimum absolute atomic E-state index is 0.0874. The van der Waals surface area contributed by atoms with Gasteiger partial charge in [-0.25, -0.2) is 0 Å². The SMILES string of the molecule is C[C@H](N[C@H](C)C(=O)Nc1ccc(OC(F)(F)F)cc1)c1ccc(Cl)cc1. The van der Waals surface area contributed by atoms with Gasteiger partial charge in [0.15, 0.2) is 0 Å². The summed E-state index contributed by atoms with van der Waals surface area (Å²) < 4.78 is 40.2. The quantitative estimate of drug-likeness (QED) is 0.741. The molecule has 0 spiro atoms. The lowest BCUT2D eigenvalue weighted by molar-refractivity contribution is -0.274. The van der Waals surface area contributed by atoms with Crippen LogP contribution in [0.1, 0.15) is 25.5 Å². The fraction of sp³-hybridized carbons (Fsp3) is 0.278. The van der Waals surface area contributed by atoms with Gasteiger partial charge in [0.2, 0.25) is 5.91 Å². The Morgan fingerprint density at radius 1 is 1.04 bits per heavy atom. The molecule has 0 unspecified atom stereocenters. The van der Waals surface area contributed by atoms with Crippen LogP contribution >= 0.6 is 11.6 Å². The lowest BCUT2D eigenvalue weighted by Gasteiger charge is -2.20. The molecule has 26 heavy (non-hydrogen) atoms. The Bertz CT molecular complexity index is 734. The zero-order valence-electron chi connectivity index (χ0n) is 14.1. The monoisotopic (exact) mass is 386 g/mol. The molecule has 0 bridgehead atoms. The fourth-order valence-corrected chi connectivity index (χ4v) is 2.41. The first-order chi connectivity index (χ1) is 12.1. The molecule has 0 heterocycles. The van der Waals surface area contributed by atoms with Gasteiger partial charge in [-0.05, 0) is 55.8 Å². The molecule has 140 valence electrons. The Labute approximate surface area is 154 Å². The van der Waals surface area contributed by atoms with E-state index in [0.717, 1.165) is 17.7 Å². The normalized spacial score (nSPS) is 13.8. The predicted octanol–water partition coefficient (Wildman–Crippen LogP) is 4.92. The Kier molecular flexibility index (Phi) is 6.50. The average Bonchev–Trinajstić information content (AvgIpc) is 2.55. The van der Waals surface area contributed by atoms with Crippen molar-refractivity contribution in [3.8, 4) is 5.75 Å². The minimum atomic E-state index is -4.75. The molecular weight excluding hydrogens is 369 g/mol. The summed E-state index contributed by atoms with van der Waals surface area (Å²) in [5.74, 6) is -0.659. The molecule has 0 saturated carbocycles. The van der Waals surface area contributed by atoms with E-state index < -0.39 is 12.4 Å². The number of nitrogens with one attached hydrogen (secondary N) is 2. The van der Waals surface area contributed by atoms with Crippen LogP contribution in [-0.2, 0) is 4.79 Å². The van der Waals surface area contributed by atoms with Crippen molar-refractivity contribution in [2.45, 2.75) is 32.3 Å². The van der Waals surface area contributed by atoms with Crippen LogP contribution in [0.5, 0.6) is 5.75 Å². The van der Waals surface area contributed by atoms with Gasteiger partial charge in [-0.2, -0.15) is 0 Å². The molecule has 0 aliphatic heterocycles. The molecule has 0 fully saturated rings. The van der Waals surface area contributed by atoms with Crippen LogP contribution in [0.4, 0.5) is 18.9 Å². The zero-order chi connectivity index (χ0) is 19.3. The van der Waals surface area contributed by atoms with E-state index in [1.807, 2.05) is 19.1 Å². The number of anilines is 1. The van der Waals surface area contributed by atoms with Gasteiger partial charge in [0, 0.05) is 16.8 Å². The van der Waals surface area contributed by atoms with Crippen LogP contribution in [-0.4, -0.2) is 18.3 Å². The molecule has 0 radical (unpaired) electrons. The van der Waals surface area contributed by atoms with Crippen molar-refractivity contribution in [1.29, 1.82) is 0 Å². The fourth-order valence-electron chi connectivity index (χ4n) is 2.29. The van der Waals surface area contributed by atoms with Crippen LogP contribution in [0.3, 0.4) is 0 Å². The van der Waals surface area contributed by atoms with Gasteiger partial charge in [0.05, 0.1) is 6.04 Å². The minimum Gasteiger partial charge on any atom is -0.406 e. The highest BCUT2D eigenvalue weighted by molar-refractivity contribution is 6.30. The van der Waals surface area contributed by atoms with Crippen molar-refractivity contribution in [2.24, 2.45) is 0 Å². The lowest BCUT2D eigenvalue weighted by Crippen LogP contribution is -2.39. The zero-order valence-corrected chi connectivity index (χ0v) is 14.9. The third kappa shape index (κ3) is 6.24. The highest BCUT2D eigenvalue weighted by Crippen LogP contribution is 2.24. The second-order valence-electron chi connectivity index (χ2n) is 5.72. The predicted molar refractivity (Wildman–Crippen MR) is 94.2 cm³/mol. The maximum atomic E-state index is 12.2. The van der Waals surface area contributed by atoms with Crippen LogP contribution in [0.2, 0.25) is 5.02 Å². The third-order valence-electron chi connectivity index (χ3n) is 3.62. The molecule has 0 aliphatic carbocycles. The molecule has 0 aliphatic rings. The van der Waals surface area contributed by atoms with Gasteiger partial charge in [0.1, 0.15) is 5.75 Å². The summed E-state index contributed by atoms with van der Waals surface area (Å²) in [6, 6.07) is 11.6. The van der Waals surface area contributed by atoms with Crippen molar-refractivity contribution in [2.75, 3.05) is 5.32 Å². The van der Waals surface area contributed by atoms with Gasteiger partial charge in [-0.1, -0.05) is 23.7 Å². The third-order valence-corrected chi connectivity index (χ3v) is 3.87. The first-order valence-corrected chi connectivity index (χ1v) is 8.20. The summed E-state index contributed by atoms with van der Waals surface area (Å²) in [7, 11) is 0. The second kappa shape index (κ2) is 8.42. The number of rotatable bonds is 6. The molecule has 4 nitrogen and oxygen atoms in total. The van der Waals surface area contributed by atoms with Crippen LogP contribution in [0.15, 0.2) is 48.5 Å². The van der Waals surface area contributed by atoms with E-state index >= 15 is 0 Å². The molecule has 2 atom stereocenters. The van der Waals surface area contributed by atoms with Crippen LogP contribution in [0.25, 0.3) is 0 Å². The second-order valence-corrected chi connectivity index (χ2v) is 6.16. The highest BCUT2D eigenvalue weighted by atomic mass is 35.5. The van der Waals surface area contributed by atoms with Gasteiger partial charge >= 0.3 is 6.36 Å². The van der Waals surface area contributed by atoms with Crippen LogP contribution < -0.4 is 15.4 Å². The Balaban J connectivity index is 1.91. The molecule has 2 rings (SSSR count). The summed E-state index contributed by atoms with van der Waals surface area (Å²) in [5.41, 5.74) is 1.35. The molecule has 0 aromatic heterocycles. The number of amides is 1. The maximum absolute atomic E-state index is 12.2. The topological polar surface area (TPSA) is 50.4 Å². The van der Waals surface area contributed by atoms with E-state index in [1.54, 1.807) is 19.1 Å². The summed E-state index contributed by atoms with van der Waals surface area (Å²) in [4.78, 5) is 12.2. The van der Waals surface area contributed by atoms with E-state index in [1.165, 1.54) is 12.1 Å². The van der Waals surface area contributed by atoms with Gasteiger partial charge in [-0.15, -0.1) is 13.2 Å². The molecule has 2 aromatic rings. The van der Waals surface area contributed by atoms with Crippen molar-refractivity contribution >= 4 is 23.2 Å². The van der Waals surface area contributed by atoms with E-state index in [4.69, 9.17) is 11.6 Å². The van der Waals surface area contributed by atoms with E-state index in [9.17, 15) is 18.0 Å². The molecule has 2 aromatic carbocycles. The number of hydrogen-bond donors (Lipinski definition) is 2. The van der Waals surface area contributed by atoms with Crippen molar-refractivity contribution in [3.05, 3.63) is 59.1 Å². The number of ether oxygens (including phenoxy) is 1. The van der Waals surface area contributed by atoms with E-state index in [0.29, 0.717) is 10.7 Å². The van der Waals surface area contributed by atoms with Crippen molar-refractivity contribution in [3.63, 3.8) is 0 Å². The summed E-state index contributed by atoms with van der Waals surface area (Å²) in [5, 5.41) is 6.42. The standard InChI is InChI=1S/C18H18ClF3N2O2/c1-11(13-3-5-14(19)6-4-13)23-12(2)17(25)24-15-7-9-16(10-8-15)26-18(20,21)22/h3-12,23H,1-2H3,(H,24,25)/t11-,12+/m0/s1. The summed E-state index contributed by atoms with van der Waals surface area (Å²) in [6.07, 6.45) is -4.75. The first-order valence-electron chi connectivity index (χ1n) is 7.82. The highest BCUT2D eigenvalue weighted by Gasteiger charge is 2.31. The number of hydrogen-bond acceptors (Lipinski definition) is 3. The lowest BCUT2D eigenvalue weighted by atomic mass is 10.1. The Morgan fingerprint density at radius 2 is 1.62 bits per heavy atom. The van der Waals surface area contributed by atoms with E-state index in [-0.39, 0.29) is 17.7 Å². The molecule has 8 heteroatoms. The molecular formula is C18H18ClF3N2O2. The van der Waals surface area contributed by atoms with Crippen molar-refractivity contribution < 1.29 is 22.7 Å². The van der Waals surface area contributed by atoms with Gasteiger partial charge < -0.3 is 10.1 Å². The van der Waals surface area contributed by atoms with Crippen molar-refractivity contribution in [1.82, 2.24) is 5.32 Å². The molecule has 1 amide bonds. The molecule has 2 N–H and O–H groups in total. The largest absolute Gasteiger partial charge is 0.573 e. The smallest absolute Gasteiger partial charge is 0.406 e. The summed E-state index contributed by atoms with van der Waals surface area (Å²) in [6.45, 7) is 3.61. The van der Waals surface area contributed by atoms with Gasteiger partial charge in [-0.3, -0.25) is 10.1 Å². The Hall–Kier alpha value is -2.25. The first kappa shape index (κ1) is 20.1. The van der Waals surface area contributed by atoms with Crippen LogP contribution in [0, 0.1) is 0 Å². The molecule has 0 saturated heterocycles. The Morgan fingerprint density at radius 3 is 2.15 bits per heavy atom. The summed E-state index contributed by atoms with van der Waals surface area (Å²) >= 11 is 5.85. The van der Waals surface area contributed by atoms with E-state index in [2.05, 4.69) is 15.4 Å². The number of alkyl halides is 3. The average molecular weight is 387 g/mol. The van der Waals surface area contributed by atoms with Gasteiger partial charge in [0.25, 0.3) is 0 Å². The number of carbonyl (C=O) groups is 1. The number of halogens is 4. The number of carbonyl (C=O) groups excluding carboxylic acids is 1. The maximum Gasteiger partial charge on any atom is 0.573 e.